The molecule has 5 nitrogen and oxygen atoms in total. The van der Waals surface area contributed by atoms with Gasteiger partial charge in [-0.2, -0.15) is 0 Å². The van der Waals surface area contributed by atoms with Gasteiger partial charge >= 0.3 is 5.97 Å². The Morgan fingerprint density at radius 3 is 2.60 bits per heavy atom. The zero-order chi connectivity index (χ0) is 15.0. The summed E-state index contributed by atoms with van der Waals surface area (Å²) in [7, 11) is 0. The van der Waals surface area contributed by atoms with Gasteiger partial charge in [0.15, 0.2) is 17.6 Å². The molecule has 1 atom stereocenters. The van der Waals surface area contributed by atoms with Gasteiger partial charge in [0.1, 0.15) is 0 Å². The molecule has 0 radical (unpaired) electrons. The molecule has 20 heavy (non-hydrogen) atoms. The average Bonchev–Trinajstić information content (AvgIpc) is 2.42. The van der Waals surface area contributed by atoms with Crippen LogP contribution in [0.15, 0.2) is 18.2 Å². The van der Waals surface area contributed by atoms with Crippen molar-refractivity contribution in [1.82, 2.24) is 0 Å². The second kappa shape index (κ2) is 8.43. The first-order valence-corrected chi connectivity index (χ1v) is 6.91. The lowest BCUT2D eigenvalue weighted by Gasteiger charge is -2.17. The molecule has 5 heteroatoms. The molecule has 0 aliphatic rings. The maximum atomic E-state index is 11.6. The van der Waals surface area contributed by atoms with E-state index in [0.29, 0.717) is 31.3 Å². The third-order valence-corrected chi connectivity index (χ3v) is 2.66. The van der Waals surface area contributed by atoms with E-state index in [-0.39, 0.29) is 5.97 Å². The van der Waals surface area contributed by atoms with Crippen molar-refractivity contribution in [1.29, 1.82) is 0 Å². The summed E-state index contributed by atoms with van der Waals surface area (Å²) in [5.41, 5.74) is 6.62. The molecule has 1 unspecified atom stereocenters. The second-order valence-electron chi connectivity index (χ2n) is 4.26. The Labute approximate surface area is 120 Å². The number of esters is 1. The van der Waals surface area contributed by atoms with Gasteiger partial charge in [0.05, 0.1) is 13.2 Å². The molecule has 0 spiro atoms. The van der Waals surface area contributed by atoms with Crippen LogP contribution in [0.1, 0.15) is 26.3 Å². The van der Waals surface area contributed by atoms with Gasteiger partial charge in [0.25, 0.3) is 0 Å². The van der Waals surface area contributed by atoms with E-state index in [9.17, 15) is 4.79 Å². The van der Waals surface area contributed by atoms with Gasteiger partial charge in [-0.05, 0) is 51.4 Å². The molecule has 112 valence electrons. The van der Waals surface area contributed by atoms with Crippen LogP contribution < -0.4 is 15.2 Å². The average molecular weight is 281 g/mol. The minimum atomic E-state index is -0.672. The number of hydrogen-bond acceptors (Lipinski definition) is 5. The van der Waals surface area contributed by atoms with Crippen molar-refractivity contribution in [2.45, 2.75) is 33.3 Å². The second-order valence-corrected chi connectivity index (χ2v) is 4.26. The highest BCUT2D eigenvalue weighted by molar-refractivity contribution is 5.74. The highest BCUT2D eigenvalue weighted by Gasteiger charge is 2.18. The Bertz CT molecular complexity index is 434. The first-order valence-electron chi connectivity index (χ1n) is 6.91. The van der Waals surface area contributed by atoms with Crippen LogP contribution in [-0.4, -0.2) is 31.8 Å². The van der Waals surface area contributed by atoms with Crippen LogP contribution in [0, 0.1) is 0 Å². The summed E-state index contributed by atoms with van der Waals surface area (Å²) in [5.74, 6) is 0.767. The molecule has 1 aromatic rings. The van der Waals surface area contributed by atoms with Gasteiger partial charge in [-0.15, -0.1) is 0 Å². The maximum Gasteiger partial charge on any atom is 0.347 e. The van der Waals surface area contributed by atoms with Crippen molar-refractivity contribution in [3.8, 4) is 11.5 Å². The van der Waals surface area contributed by atoms with Crippen molar-refractivity contribution < 1.29 is 19.0 Å². The Morgan fingerprint density at radius 1 is 1.25 bits per heavy atom. The summed E-state index contributed by atoms with van der Waals surface area (Å²) in [5, 5.41) is 0. The Morgan fingerprint density at radius 2 is 2.00 bits per heavy atom. The third kappa shape index (κ3) is 4.74. The largest absolute Gasteiger partial charge is 0.490 e. The van der Waals surface area contributed by atoms with Crippen LogP contribution in [0.4, 0.5) is 0 Å². The van der Waals surface area contributed by atoms with Gasteiger partial charge < -0.3 is 19.9 Å². The highest BCUT2D eigenvalue weighted by atomic mass is 16.6. The molecular formula is C15H23NO4. The predicted molar refractivity (Wildman–Crippen MR) is 77.1 cm³/mol. The van der Waals surface area contributed by atoms with Crippen LogP contribution in [0.2, 0.25) is 0 Å². The molecule has 1 aromatic carbocycles. The first-order chi connectivity index (χ1) is 9.62. The van der Waals surface area contributed by atoms with E-state index in [4.69, 9.17) is 19.9 Å². The Kier molecular flexibility index (Phi) is 6.87. The van der Waals surface area contributed by atoms with E-state index in [1.807, 2.05) is 19.1 Å². The van der Waals surface area contributed by atoms with E-state index < -0.39 is 6.10 Å². The van der Waals surface area contributed by atoms with Crippen LogP contribution >= 0.6 is 0 Å². The third-order valence-electron chi connectivity index (χ3n) is 2.66. The van der Waals surface area contributed by atoms with Crippen molar-refractivity contribution >= 4 is 5.97 Å². The van der Waals surface area contributed by atoms with Crippen molar-refractivity contribution in [3.63, 3.8) is 0 Å². The number of benzene rings is 1. The van der Waals surface area contributed by atoms with E-state index >= 15 is 0 Å². The number of carbonyl (C=O) groups excluding carboxylic acids is 1. The van der Waals surface area contributed by atoms with Crippen LogP contribution in [-0.2, 0) is 16.0 Å². The number of hydrogen-bond donors (Lipinski definition) is 1. The normalized spacial score (nSPS) is 11.8. The monoisotopic (exact) mass is 281 g/mol. The summed E-state index contributed by atoms with van der Waals surface area (Å²) in [6, 6.07) is 5.61. The minimum Gasteiger partial charge on any atom is -0.490 e. The van der Waals surface area contributed by atoms with Gasteiger partial charge in [0.2, 0.25) is 0 Å². The van der Waals surface area contributed by atoms with E-state index in [1.54, 1.807) is 19.9 Å². The number of nitrogens with two attached hydrogens (primary N) is 1. The Balaban J connectivity index is 2.84. The predicted octanol–water partition coefficient (Wildman–Crippen LogP) is 1.92. The van der Waals surface area contributed by atoms with Crippen LogP contribution in [0.3, 0.4) is 0 Å². The summed E-state index contributed by atoms with van der Waals surface area (Å²) < 4.78 is 16.1. The van der Waals surface area contributed by atoms with Crippen molar-refractivity contribution in [3.05, 3.63) is 23.8 Å². The lowest BCUT2D eigenvalue weighted by Crippen LogP contribution is -2.26. The SMILES string of the molecule is CCOC(=O)C(C)Oc1ccc(CCN)cc1OCC. The van der Waals surface area contributed by atoms with Crippen LogP contribution in [0.5, 0.6) is 11.5 Å². The van der Waals surface area contributed by atoms with Crippen LogP contribution in [0.25, 0.3) is 0 Å². The Hall–Kier alpha value is -1.75. The molecule has 1 rings (SSSR count). The van der Waals surface area contributed by atoms with E-state index in [2.05, 4.69) is 0 Å². The van der Waals surface area contributed by atoms with Gasteiger partial charge in [-0.3, -0.25) is 0 Å². The van der Waals surface area contributed by atoms with Gasteiger partial charge in [0, 0.05) is 0 Å². The smallest absolute Gasteiger partial charge is 0.347 e. The summed E-state index contributed by atoms with van der Waals surface area (Å²) in [6.07, 6.45) is 0.0999. The minimum absolute atomic E-state index is 0.334. The molecule has 0 bridgehead atoms. The molecule has 0 fully saturated rings. The summed E-state index contributed by atoms with van der Waals surface area (Å²) in [4.78, 5) is 11.6. The summed E-state index contributed by atoms with van der Waals surface area (Å²) in [6.45, 7) is 6.75. The molecule has 2 N–H and O–H groups in total. The van der Waals surface area contributed by atoms with Gasteiger partial charge in [-0.25, -0.2) is 4.79 Å². The maximum absolute atomic E-state index is 11.6. The number of carbonyl (C=O) groups is 1. The standard InChI is InChI=1S/C15H23NO4/c1-4-18-14-10-12(8-9-16)6-7-13(14)20-11(3)15(17)19-5-2/h6-7,10-11H,4-5,8-9,16H2,1-3H3. The van der Waals surface area contributed by atoms with E-state index in [0.717, 1.165) is 12.0 Å². The molecule has 0 heterocycles. The molecule has 0 aliphatic carbocycles. The molecule has 0 aromatic heterocycles. The topological polar surface area (TPSA) is 70.8 Å². The number of rotatable bonds is 8. The number of ether oxygens (including phenoxy) is 3. The first kappa shape index (κ1) is 16.3. The quantitative estimate of drug-likeness (QED) is 0.737. The molecule has 0 saturated carbocycles. The fraction of sp³-hybridized carbons (Fsp3) is 0.533. The lowest BCUT2D eigenvalue weighted by atomic mass is 10.1. The van der Waals surface area contributed by atoms with Gasteiger partial charge in [-0.1, -0.05) is 6.07 Å². The molecule has 0 aliphatic heterocycles. The fourth-order valence-electron chi connectivity index (χ4n) is 1.74. The molecular weight excluding hydrogens is 258 g/mol. The summed E-state index contributed by atoms with van der Waals surface area (Å²) >= 11 is 0. The molecule has 0 saturated heterocycles. The van der Waals surface area contributed by atoms with Crippen molar-refractivity contribution in [2.24, 2.45) is 5.73 Å². The van der Waals surface area contributed by atoms with E-state index in [1.165, 1.54) is 0 Å². The highest BCUT2D eigenvalue weighted by Crippen LogP contribution is 2.29. The lowest BCUT2D eigenvalue weighted by molar-refractivity contribution is -0.150. The zero-order valence-corrected chi connectivity index (χ0v) is 12.3. The zero-order valence-electron chi connectivity index (χ0n) is 12.3. The molecule has 0 amide bonds. The fourth-order valence-corrected chi connectivity index (χ4v) is 1.74. The van der Waals surface area contributed by atoms with Crippen molar-refractivity contribution in [2.75, 3.05) is 19.8 Å².